The zero-order valence-electron chi connectivity index (χ0n) is 18.0. The van der Waals surface area contributed by atoms with Crippen LogP contribution in [0.15, 0.2) is 48.5 Å². The van der Waals surface area contributed by atoms with Crippen LogP contribution in [0.5, 0.6) is 5.75 Å². The number of aliphatic hydroxyl groups is 1. The summed E-state index contributed by atoms with van der Waals surface area (Å²) in [5, 5.41) is 23.0. The summed E-state index contributed by atoms with van der Waals surface area (Å²) in [6.45, 7) is -0.626. The monoisotopic (exact) mass is 480 g/mol. The van der Waals surface area contributed by atoms with Crippen LogP contribution < -0.4 is 10.1 Å². The smallest absolute Gasteiger partial charge is 0.329 e. The molecule has 0 radical (unpaired) electrons. The number of nitrogens with one attached hydrogen (secondary N) is 1. The molecule has 2 aromatic rings. The fraction of sp³-hybridized carbons (Fsp3) is 0.391. The van der Waals surface area contributed by atoms with Crippen LogP contribution in [-0.4, -0.2) is 71.5 Å². The highest BCUT2D eigenvalue weighted by atomic mass is 35.5. The van der Waals surface area contributed by atoms with E-state index in [0.717, 1.165) is 5.56 Å². The summed E-state index contributed by atoms with van der Waals surface area (Å²) in [6.07, 6.45) is -1.34. The van der Waals surface area contributed by atoms with E-state index in [-0.39, 0.29) is 12.2 Å². The predicted molar refractivity (Wildman–Crippen MR) is 119 cm³/mol. The number of rotatable bonds is 10. The molecule has 1 aliphatic rings. The molecule has 1 fully saturated rings. The molecule has 4 atom stereocenters. The van der Waals surface area contributed by atoms with Gasteiger partial charge in [0.1, 0.15) is 37.0 Å². The van der Waals surface area contributed by atoms with Crippen LogP contribution in [0.25, 0.3) is 0 Å². The highest BCUT2D eigenvalue weighted by molar-refractivity contribution is 6.32. The van der Waals surface area contributed by atoms with Crippen LogP contribution in [-0.2, 0) is 20.9 Å². The minimum Gasteiger partial charge on any atom is -0.486 e. The molecular formula is C23H26ClFN2O6. The first-order valence-electron chi connectivity index (χ1n) is 10.4. The molecule has 3 rings (SSSR count). The van der Waals surface area contributed by atoms with Crippen LogP contribution in [0, 0.1) is 5.82 Å². The Morgan fingerprint density at radius 1 is 1.18 bits per heavy atom. The third kappa shape index (κ3) is 6.88. The van der Waals surface area contributed by atoms with Crippen LogP contribution in [0.3, 0.4) is 0 Å². The number of aliphatic carboxylic acids is 1. The minimum absolute atomic E-state index is 0.287. The fourth-order valence-corrected chi connectivity index (χ4v) is 4.16. The summed E-state index contributed by atoms with van der Waals surface area (Å²) in [5.41, 5.74) is 0.830. The topological polar surface area (TPSA) is 108 Å². The molecule has 0 aromatic heterocycles. The lowest BCUT2D eigenvalue weighted by atomic mass is 10.1. The van der Waals surface area contributed by atoms with Crippen molar-refractivity contribution in [1.82, 2.24) is 10.2 Å². The lowest BCUT2D eigenvalue weighted by Crippen LogP contribution is -2.52. The fourth-order valence-electron chi connectivity index (χ4n) is 3.98. The van der Waals surface area contributed by atoms with Gasteiger partial charge in [-0.05, 0) is 36.9 Å². The lowest BCUT2D eigenvalue weighted by molar-refractivity contribution is -0.143. The summed E-state index contributed by atoms with van der Waals surface area (Å²) in [5.74, 6) is -1.61. The van der Waals surface area contributed by atoms with Gasteiger partial charge in [-0.3, -0.25) is 9.69 Å². The van der Waals surface area contributed by atoms with Crippen LogP contribution >= 0.6 is 11.6 Å². The summed E-state index contributed by atoms with van der Waals surface area (Å²) >= 11 is 6.19. The van der Waals surface area contributed by atoms with E-state index in [2.05, 4.69) is 5.32 Å². The van der Waals surface area contributed by atoms with Crippen molar-refractivity contribution in [3.05, 3.63) is 64.9 Å². The van der Waals surface area contributed by atoms with Crippen molar-refractivity contribution >= 4 is 23.5 Å². The first-order chi connectivity index (χ1) is 15.7. The Hall–Kier alpha value is -2.72. The summed E-state index contributed by atoms with van der Waals surface area (Å²) in [6, 6.07) is 11.9. The SMILES string of the molecule is CN(Cc1ccc(F)cc1)[C@@H]1[C@@H](O)[C@H](Oc2ccccc2Cl)C[C@H]1NC(=O)COCC(=O)O. The standard InChI is InChI=1S/C23H26ClFN2O6/c1-27(11-14-6-8-15(25)9-7-14)22-17(26-20(28)12-32-13-21(29)30)10-19(23(22)31)33-18-5-3-2-4-16(18)24/h2-9,17,19,22-23,31H,10-13H2,1H3,(H,26,28)(H,29,30)/t17-,19-,22+,23+/m1/s1. The number of amides is 1. The maximum Gasteiger partial charge on any atom is 0.329 e. The molecule has 8 nitrogen and oxygen atoms in total. The molecular weight excluding hydrogens is 455 g/mol. The van der Waals surface area contributed by atoms with Crippen molar-refractivity contribution in [3.8, 4) is 5.75 Å². The Bertz CT molecular complexity index is 960. The number of ether oxygens (including phenoxy) is 2. The Kier molecular flexibility index (Phi) is 8.62. The Labute approximate surface area is 195 Å². The van der Waals surface area contributed by atoms with E-state index in [9.17, 15) is 19.1 Å². The molecule has 0 unspecified atom stereocenters. The normalized spacial score (nSPS) is 22.3. The molecule has 1 aliphatic carbocycles. The van der Waals surface area contributed by atoms with Crippen molar-refractivity contribution in [2.75, 3.05) is 20.3 Å². The zero-order valence-corrected chi connectivity index (χ0v) is 18.7. The summed E-state index contributed by atoms with van der Waals surface area (Å²) in [7, 11) is 1.79. The van der Waals surface area contributed by atoms with E-state index in [1.807, 2.05) is 4.90 Å². The number of halogens is 2. The van der Waals surface area contributed by atoms with Gasteiger partial charge in [0.05, 0.1) is 17.1 Å². The maximum absolute atomic E-state index is 13.3. The number of likely N-dealkylation sites (N-methyl/N-ethyl adjacent to an activating group) is 1. The molecule has 1 saturated carbocycles. The number of nitrogens with zero attached hydrogens (tertiary/aromatic N) is 1. The lowest BCUT2D eigenvalue weighted by Gasteiger charge is -2.32. The van der Waals surface area contributed by atoms with Gasteiger partial charge in [-0.1, -0.05) is 35.9 Å². The Morgan fingerprint density at radius 3 is 2.55 bits per heavy atom. The molecule has 0 spiro atoms. The molecule has 0 bridgehead atoms. The molecule has 0 saturated heterocycles. The molecule has 2 aromatic carbocycles. The van der Waals surface area contributed by atoms with Gasteiger partial charge in [-0.2, -0.15) is 0 Å². The second kappa shape index (κ2) is 11.4. The average molecular weight is 481 g/mol. The number of carboxylic acids is 1. The van der Waals surface area contributed by atoms with Crippen molar-refractivity contribution in [3.63, 3.8) is 0 Å². The molecule has 1 amide bonds. The zero-order chi connectivity index (χ0) is 24.0. The third-order valence-corrected chi connectivity index (χ3v) is 5.72. The first kappa shape index (κ1) is 24.9. The number of hydrogen-bond acceptors (Lipinski definition) is 6. The maximum atomic E-state index is 13.3. The van der Waals surface area contributed by atoms with Crippen molar-refractivity contribution in [2.24, 2.45) is 0 Å². The van der Waals surface area contributed by atoms with E-state index in [4.69, 9.17) is 26.2 Å². The average Bonchev–Trinajstić information content (AvgIpc) is 3.05. The number of carbonyl (C=O) groups is 2. The first-order valence-corrected chi connectivity index (χ1v) is 10.7. The van der Waals surface area contributed by atoms with Gasteiger partial charge in [0.15, 0.2) is 0 Å². The molecule has 3 N–H and O–H groups in total. The van der Waals surface area contributed by atoms with Crippen LogP contribution in [0.4, 0.5) is 4.39 Å². The quantitative estimate of drug-likeness (QED) is 0.477. The number of benzene rings is 2. The summed E-state index contributed by atoms with van der Waals surface area (Å²) < 4.78 is 24.1. The second-order valence-electron chi connectivity index (χ2n) is 7.91. The molecule has 10 heteroatoms. The van der Waals surface area contributed by atoms with E-state index >= 15 is 0 Å². The Morgan fingerprint density at radius 2 is 1.88 bits per heavy atom. The van der Waals surface area contributed by atoms with Gasteiger partial charge in [-0.25, -0.2) is 9.18 Å². The molecule has 33 heavy (non-hydrogen) atoms. The minimum atomic E-state index is -1.18. The number of aliphatic hydroxyl groups excluding tert-OH is 1. The van der Waals surface area contributed by atoms with Crippen LogP contribution in [0.2, 0.25) is 5.02 Å². The van der Waals surface area contributed by atoms with Gasteiger partial charge in [0.2, 0.25) is 5.91 Å². The van der Waals surface area contributed by atoms with Gasteiger partial charge in [0.25, 0.3) is 0 Å². The van der Waals surface area contributed by atoms with Crippen molar-refractivity contribution in [2.45, 2.75) is 37.3 Å². The highest BCUT2D eigenvalue weighted by Gasteiger charge is 2.46. The second-order valence-corrected chi connectivity index (χ2v) is 8.31. The van der Waals surface area contributed by atoms with Gasteiger partial charge in [0, 0.05) is 13.0 Å². The van der Waals surface area contributed by atoms with Gasteiger partial charge in [-0.15, -0.1) is 0 Å². The van der Waals surface area contributed by atoms with E-state index < -0.39 is 49.4 Å². The number of carboxylic acid groups (broad SMARTS) is 1. The highest BCUT2D eigenvalue weighted by Crippen LogP contribution is 2.32. The molecule has 178 valence electrons. The number of hydrogen-bond donors (Lipinski definition) is 3. The number of carbonyl (C=O) groups excluding carboxylic acids is 1. The van der Waals surface area contributed by atoms with Crippen molar-refractivity contribution < 1.29 is 33.7 Å². The molecule has 0 heterocycles. The number of para-hydroxylation sites is 1. The van der Waals surface area contributed by atoms with Gasteiger partial charge < -0.3 is 25.0 Å². The van der Waals surface area contributed by atoms with E-state index in [0.29, 0.717) is 17.3 Å². The third-order valence-electron chi connectivity index (χ3n) is 5.40. The predicted octanol–water partition coefficient (Wildman–Crippen LogP) is 2.08. The largest absolute Gasteiger partial charge is 0.486 e. The van der Waals surface area contributed by atoms with Gasteiger partial charge >= 0.3 is 5.97 Å². The van der Waals surface area contributed by atoms with E-state index in [1.165, 1.54) is 12.1 Å². The Balaban J connectivity index is 1.74. The molecule has 0 aliphatic heterocycles. The van der Waals surface area contributed by atoms with Crippen LogP contribution in [0.1, 0.15) is 12.0 Å². The summed E-state index contributed by atoms with van der Waals surface area (Å²) in [4.78, 5) is 24.8. The van der Waals surface area contributed by atoms with Crippen molar-refractivity contribution in [1.29, 1.82) is 0 Å². The van der Waals surface area contributed by atoms with E-state index in [1.54, 1.807) is 43.4 Å².